The molecule has 2 N–H and O–H groups in total. The van der Waals surface area contributed by atoms with Crippen molar-refractivity contribution in [2.45, 2.75) is 0 Å². The molecule has 0 saturated heterocycles. The molecule has 0 saturated carbocycles. The molecule has 6 nitrogen and oxygen atoms in total. The molecule has 1 aromatic carbocycles. The zero-order chi connectivity index (χ0) is 15.2. The number of pyridine rings is 1. The van der Waals surface area contributed by atoms with Crippen LogP contribution in [0.15, 0.2) is 67.3 Å². The van der Waals surface area contributed by atoms with Crippen molar-refractivity contribution in [3.63, 3.8) is 0 Å². The fraction of sp³-hybridized carbons (Fsp3) is 0. The van der Waals surface area contributed by atoms with Crippen molar-refractivity contribution in [3.05, 3.63) is 72.9 Å². The van der Waals surface area contributed by atoms with Crippen molar-refractivity contribution >= 4 is 23.1 Å². The first-order valence-corrected chi connectivity index (χ1v) is 6.67. The van der Waals surface area contributed by atoms with Crippen LogP contribution in [0.4, 0.5) is 17.2 Å². The van der Waals surface area contributed by atoms with Gasteiger partial charge in [0.15, 0.2) is 0 Å². The molecule has 1 amide bonds. The molecule has 0 unspecified atom stereocenters. The second kappa shape index (κ2) is 6.45. The number of aromatic nitrogens is 3. The molecule has 0 aliphatic heterocycles. The van der Waals surface area contributed by atoms with Crippen LogP contribution >= 0.6 is 0 Å². The molecule has 0 aliphatic rings. The van der Waals surface area contributed by atoms with E-state index >= 15 is 0 Å². The largest absolute Gasteiger partial charge is 0.340 e. The summed E-state index contributed by atoms with van der Waals surface area (Å²) < 4.78 is 0. The molecule has 3 rings (SSSR count). The average molecular weight is 291 g/mol. The predicted octanol–water partition coefficient (Wildman–Crippen LogP) is 2.87. The Hall–Kier alpha value is -3.28. The van der Waals surface area contributed by atoms with E-state index in [4.69, 9.17) is 0 Å². The number of nitrogens with one attached hydrogen (secondary N) is 2. The first-order chi connectivity index (χ1) is 10.8. The summed E-state index contributed by atoms with van der Waals surface area (Å²) in [6, 6.07) is 14.6. The quantitative estimate of drug-likeness (QED) is 0.772. The summed E-state index contributed by atoms with van der Waals surface area (Å²) in [7, 11) is 0. The van der Waals surface area contributed by atoms with Crippen LogP contribution in [0.25, 0.3) is 0 Å². The molecule has 108 valence electrons. The number of carbonyl (C=O) groups excluding carboxylic acids is 1. The third-order valence-corrected chi connectivity index (χ3v) is 2.88. The van der Waals surface area contributed by atoms with Crippen molar-refractivity contribution in [1.82, 2.24) is 15.0 Å². The minimum absolute atomic E-state index is 0.283. The smallest absolute Gasteiger partial charge is 0.274 e. The Morgan fingerprint density at radius 1 is 0.909 bits per heavy atom. The number of anilines is 3. The summed E-state index contributed by atoms with van der Waals surface area (Å²) in [5.74, 6) is 0.255. The molecule has 22 heavy (non-hydrogen) atoms. The first-order valence-electron chi connectivity index (χ1n) is 6.67. The average Bonchev–Trinajstić information content (AvgIpc) is 2.57. The number of para-hydroxylation sites is 1. The SMILES string of the molecule is O=C(Nc1ccncc1)c1cc(Nc2ccccc2)ncn1. The molecule has 0 aliphatic carbocycles. The fourth-order valence-electron chi connectivity index (χ4n) is 1.85. The van der Waals surface area contributed by atoms with Crippen LogP contribution in [0.3, 0.4) is 0 Å². The summed E-state index contributed by atoms with van der Waals surface area (Å²) in [6.07, 6.45) is 4.57. The fourth-order valence-corrected chi connectivity index (χ4v) is 1.85. The van der Waals surface area contributed by atoms with E-state index in [2.05, 4.69) is 25.6 Å². The molecule has 0 atom stereocenters. The first kappa shape index (κ1) is 13.7. The molecular formula is C16H13N5O. The third kappa shape index (κ3) is 3.43. The summed E-state index contributed by atoms with van der Waals surface area (Å²) in [6.45, 7) is 0. The van der Waals surface area contributed by atoms with Gasteiger partial charge in [-0.2, -0.15) is 0 Å². The Bertz CT molecular complexity index is 762. The van der Waals surface area contributed by atoms with Gasteiger partial charge in [0.05, 0.1) is 0 Å². The van der Waals surface area contributed by atoms with Gasteiger partial charge in [-0.05, 0) is 24.3 Å². The van der Waals surface area contributed by atoms with E-state index in [1.54, 1.807) is 30.6 Å². The van der Waals surface area contributed by atoms with Crippen molar-refractivity contribution in [3.8, 4) is 0 Å². The molecule has 0 radical (unpaired) electrons. The van der Waals surface area contributed by atoms with E-state index in [0.29, 0.717) is 11.5 Å². The lowest BCUT2D eigenvalue weighted by Gasteiger charge is -2.07. The van der Waals surface area contributed by atoms with E-state index in [-0.39, 0.29) is 11.6 Å². The van der Waals surface area contributed by atoms with Gasteiger partial charge in [0.2, 0.25) is 0 Å². The zero-order valence-electron chi connectivity index (χ0n) is 11.6. The van der Waals surface area contributed by atoms with Crippen molar-refractivity contribution < 1.29 is 4.79 Å². The maximum Gasteiger partial charge on any atom is 0.274 e. The van der Waals surface area contributed by atoms with Crippen molar-refractivity contribution in [2.75, 3.05) is 10.6 Å². The lowest BCUT2D eigenvalue weighted by Crippen LogP contribution is -2.14. The summed E-state index contributed by atoms with van der Waals surface area (Å²) >= 11 is 0. The van der Waals surface area contributed by atoms with E-state index in [1.807, 2.05) is 30.3 Å². The van der Waals surface area contributed by atoms with Gasteiger partial charge in [-0.1, -0.05) is 18.2 Å². The highest BCUT2D eigenvalue weighted by Gasteiger charge is 2.09. The summed E-state index contributed by atoms with van der Waals surface area (Å²) in [4.78, 5) is 24.2. The third-order valence-electron chi connectivity index (χ3n) is 2.88. The molecule has 2 heterocycles. The van der Waals surface area contributed by atoms with Crippen LogP contribution in [0.1, 0.15) is 10.5 Å². The van der Waals surface area contributed by atoms with Gasteiger partial charge in [0.1, 0.15) is 17.8 Å². The van der Waals surface area contributed by atoms with Crippen molar-refractivity contribution in [2.24, 2.45) is 0 Å². The highest BCUT2D eigenvalue weighted by molar-refractivity contribution is 6.03. The molecule has 0 fully saturated rings. The molecular weight excluding hydrogens is 278 g/mol. The normalized spacial score (nSPS) is 10.0. The Kier molecular flexibility index (Phi) is 4.01. The van der Waals surface area contributed by atoms with Gasteiger partial charge in [-0.25, -0.2) is 9.97 Å². The van der Waals surface area contributed by atoms with Crippen LogP contribution in [-0.4, -0.2) is 20.9 Å². The van der Waals surface area contributed by atoms with E-state index < -0.39 is 0 Å². The predicted molar refractivity (Wildman–Crippen MR) is 83.9 cm³/mol. The van der Waals surface area contributed by atoms with Crippen LogP contribution in [0.2, 0.25) is 0 Å². The Morgan fingerprint density at radius 3 is 2.45 bits per heavy atom. The summed E-state index contributed by atoms with van der Waals surface area (Å²) in [5, 5.41) is 5.87. The number of carbonyl (C=O) groups is 1. The van der Waals surface area contributed by atoms with Crippen LogP contribution in [0.5, 0.6) is 0 Å². The lowest BCUT2D eigenvalue weighted by atomic mass is 10.3. The van der Waals surface area contributed by atoms with Crippen LogP contribution in [-0.2, 0) is 0 Å². The highest BCUT2D eigenvalue weighted by atomic mass is 16.1. The van der Waals surface area contributed by atoms with E-state index in [1.165, 1.54) is 6.33 Å². The standard InChI is InChI=1S/C16H13N5O/c22-16(21-13-6-8-17-9-7-13)14-10-15(19-11-18-14)20-12-4-2-1-3-5-12/h1-11H,(H,17,21,22)(H,18,19,20). The van der Waals surface area contributed by atoms with Gasteiger partial charge < -0.3 is 10.6 Å². The Morgan fingerprint density at radius 2 is 1.68 bits per heavy atom. The monoisotopic (exact) mass is 291 g/mol. The van der Waals surface area contributed by atoms with Gasteiger partial charge in [-0.15, -0.1) is 0 Å². The van der Waals surface area contributed by atoms with Crippen LogP contribution < -0.4 is 10.6 Å². The van der Waals surface area contributed by atoms with Gasteiger partial charge in [0.25, 0.3) is 5.91 Å². The number of nitrogens with zero attached hydrogens (tertiary/aromatic N) is 3. The van der Waals surface area contributed by atoms with Gasteiger partial charge in [-0.3, -0.25) is 9.78 Å². The van der Waals surface area contributed by atoms with E-state index in [0.717, 1.165) is 5.69 Å². The lowest BCUT2D eigenvalue weighted by molar-refractivity contribution is 0.102. The molecule has 3 aromatic rings. The number of rotatable bonds is 4. The molecule has 0 bridgehead atoms. The second-order valence-electron chi connectivity index (χ2n) is 4.47. The number of benzene rings is 1. The number of hydrogen-bond donors (Lipinski definition) is 2. The molecule has 6 heteroatoms. The topological polar surface area (TPSA) is 79.8 Å². The number of amides is 1. The molecule has 0 spiro atoms. The van der Waals surface area contributed by atoms with Gasteiger partial charge >= 0.3 is 0 Å². The molecule has 2 aromatic heterocycles. The second-order valence-corrected chi connectivity index (χ2v) is 4.47. The van der Waals surface area contributed by atoms with Crippen molar-refractivity contribution in [1.29, 1.82) is 0 Å². The Balaban J connectivity index is 1.75. The van der Waals surface area contributed by atoms with Crippen LogP contribution in [0, 0.1) is 0 Å². The minimum Gasteiger partial charge on any atom is -0.340 e. The van der Waals surface area contributed by atoms with Gasteiger partial charge in [0, 0.05) is 29.8 Å². The highest BCUT2D eigenvalue weighted by Crippen LogP contribution is 2.14. The maximum absolute atomic E-state index is 12.2. The zero-order valence-corrected chi connectivity index (χ0v) is 11.6. The van der Waals surface area contributed by atoms with E-state index in [9.17, 15) is 4.79 Å². The minimum atomic E-state index is -0.301. The number of hydrogen-bond acceptors (Lipinski definition) is 5. The Labute approximate surface area is 127 Å². The summed E-state index contributed by atoms with van der Waals surface area (Å²) in [5.41, 5.74) is 1.84. The maximum atomic E-state index is 12.2.